The van der Waals surface area contributed by atoms with Crippen LogP contribution in [-0.2, 0) is 9.47 Å². The Morgan fingerprint density at radius 3 is 2.25 bits per heavy atom. The first-order valence-electron chi connectivity index (χ1n) is 9.34. The van der Waals surface area contributed by atoms with Gasteiger partial charge in [-0.05, 0) is 39.7 Å². The Morgan fingerprint density at radius 2 is 1.68 bits per heavy atom. The summed E-state index contributed by atoms with van der Waals surface area (Å²) in [5.41, 5.74) is 0.519. The van der Waals surface area contributed by atoms with Crippen LogP contribution >= 0.6 is 11.6 Å². The maximum Gasteiger partial charge on any atom is 0.407 e. The van der Waals surface area contributed by atoms with E-state index in [9.17, 15) is 9.59 Å². The number of methoxy groups -OCH3 is 2. The summed E-state index contributed by atoms with van der Waals surface area (Å²) in [7, 11) is 2.80. The Kier molecular flexibility index (Phi) is 9.93. The number of hydrogen-bond donors (Lipinski definition) is 2. The Morgan fingerprint density at radius 1 is 1.04 bits per heavy atom. The van der Waals surface area contributed by atoms with Crippen LogP contribution in [0.4, 0.5) is 10.5 Å². The number of amides is 1. The molecule has 1 aromatic carbocycles. The lowest BCUT2D eigenvalue weighted by atomic mass is 10.1. The average molecular weight is 415 g/mol. The molecule has 1 aromatic rings. The number of alkyl carbamates (subject to hydrolysis) is 1. The van der Waals surface area contributed by atoms with E-state index in [0.717, 1.165) is 32.2 Å². The maximum absolute atomic E-state index is 11.7. The molecule has 7 nitrogen and oxygen atoms in total. The van der Waals surface area contributed by atoms with E-state index >= 15 is 0 Å². The van der Waals surface area contributed by atoms with Crippen LogP contribution in [0.2, 0.25) is 5.02 Å². The lowest BCUT2D eigenvalue weighted by Crippen LogP contribution is -2.32. The predicted molar refractivity (Wildman–Crippen MR) is 111 cm³/mol. The van der Waals surface area contributed by atoms with Gasteiger partial charge in [-0.2, -0.15) is 0 Å². The summed E-state index contributed by atoms with van der Waals surface area (Å²) in [6, 6.07) is 3.23. The molecule has 0 heterocycles. The van der Waals surface area contributed by atoms with Crippen LogP contribution in [-0.4, -0.2) is 45.0 Å². The topological polar surface area (TPSA) is 85.9 Å². The van der Waals surface area contributed by atoms with E-state index in [4.69, 9.17) is 25.8 Å². The number of halogens is 1. The van der Waals surface area contributed by atoms with E-state index in [1.165, 1.54) is 20.3 Å². The molecule has 0 radical (unpaired) electrons. The molecule has 28 heavy (non-hydrogen) atoms. The number of carbonyl (C=O) groups excluding carboxylic acids is 2. The summed E-state index contributed by atoms with van der Waals surface area (Å²) in [6.07, 6.45) is 3.47. The summed E-state index contributed by atoms with van der Waals surface area (Å²) >= 11 is 6.24. The molecule has 0 aliphatic carbocycles. The first-order valence-corrected chi connectivity index (χ1v) is 9.72. The number of unbranched alkanes of at least 4 members (excludes halogenated alkanes) is 3. The lowest BCUT2D eigenvalue weighted by Gasteiger charge is -2.19. The average Bonchev–Trinajstić information content (AvgIpc) is 2.62. The first kappa shape index (κ1) is 23.9. The number of rotatable bonds is 10. The van der Waals surface area contributed by atoms with Crippen LogP contribution in [0.25, 0.3) is 0 Å². The van der Waals surface area contributed by atoms with Crippen molar-refractivity contribution in [3.63, 3.8) is 0 Å². The number of ether oxygens (including phenoxy) is 3. The Balaban J connectivity index is 2.30. The summed E-state index contributed by atoms with van der Waals surface area (Å²) < 4.78 is 15.1. The zero-order valence-corrected chi connectivity index (χ0v) is 18.1. The number of hydrogen-bond acceptors (Lipinski definition) is 6. The van der Waals surface area contributed by atoms with Gasteiger partial charge in [0.1, 0.15) is 16.9 Å². The number of carbonyl (C=O) groups is 2. The van der Waals surface area contributed by atoms with Crippen LogP contribution in [0.3, 0.4) is 0 Å². The molecule has 0 bridgehead atoms. The summed E-state index contributed by atoms with van der Waals surface area (Å²) in [5.74, 6) is -0.0859. The second kappa shape index (κ2) is 11.6. The highest BCUT2D eigenvalue weighted by atomic mass is 35.5. The molecule has 0 unspecified atom stereocenters. The van der Waals surface area contributed by atoms with Gasteiger partial charge >= 0.3 is 12.1 Å². The number of nitrogens with one attached hydrogen (secondary N) is 2. The summed E-state index contributed by atoms with van der Waals surface area (Å²) in [5, 5.41) is 6.44. The minimum absolute atomic E-state index is 0.290. The van der Waals surface area contributed by atoms with Crippen molar-refractivity contribution in [1.29, 1.82) is 0 Å². The molecule has 0 aromatic heterocycles. The monoisotopic (exact) mass is 414 g/mol. The zero-order valence-electron chi connectivity index (χ0n) is 17.3. The van der Waals surface area contributed by atoms with Gasteiger partial charge in [0, 0.05) is 19.2 Å². The quantitative estimate of drug-likeness (QED) is 0.428. The fourth-order valence-corrected chi connectivity index (χ4v) is 2.69. The smallest absolute Gasteiger partial charge is 0.407 e. The second-order valence-electron chi connectivity index (χ2n) is 7.29. The standard InChI is InChI=1S/C20H31ClN2O5/c1-20(2,3)28-19(25)23-11-9-7-6-8-10-22-16-13-17(26-4)14(12-15(16)21)18(24)27-5/h12-13,22H,6-11H2,1-5H3,(H,23,25). The molecule has 0 atom stereocenters. The summed E-state index contributed by atoms with van der Waals surface area (Å²) in [4.78, 5) is 23.3. The first-order chi connectivity index (χ1) is 13.2. The van der Waals surface area contributed by atoms with E-state index in [2.05, 4.69) is 10.6 Å². The van der Waals surface area contributed by atoms with Crippen molar-refractivity contribution in [2.45, 2.75) is 52.1 Å². The minimum Gasteiger partial charge on any atom is -0.496 e. The fourth-order valence-electron chi connectivity index (χ4n) is 2.46. The Bertz CT molecular complexity index is 659. The number of esters is 1. The molecule has 0 saturated carbocycles. The maximum atomic E-state index is 11.7. The highest BCUT2D eigenvalue weighted by Crippen LogP contribution is 2.31. The van der Waals surface area contributed by atoms with E-state index in [1.807, 2.05) is 20.8 Å². The van der Waals surface area contributed by atoms with Crippen LogP contribution < -0.4 is 15.4 Å². The highest BCUT2D eigenvalue weighted by Gasteiger charge is 2.16. The van der Waals surface area contributed by atoms with Gasteiger partial charge in [0.2, 0.25) is 0 Å². The SMILES string of the molecule is COC(=O)c1cc(Cl)c(NCCCCCCNC(=O)OC(C)(C)C)cc1OC. The molecule has 0 aliphatic heterocycles. The van der Waals surface area contributed by atoms with Crippen molar-refractivity contribution in [2.75, 3.05) is 32.6 Å². The molecule has 0 aliphatic rings. The van der Waals surface area contributed by atoms with Gasteiger partial charge in [-0.3, -0.25) is 0 Å². The molecular weight excluding hydrogens is 384 g/mol. The Labute approximate surface area is 172 Å². The van der Waals surface area contributed by atoms with Crippen molar-refractivity contribution in [2.24, 2.45) is 0 Å². The van der Waals surface area contributed by atoms with Crippen molar-refractivity contribution < 1.29 is 23.8 Å². The highest BCUT2D eigenvalue weighted by molar-refractivity contribution is 6.33. The number of benzene rings is 1. The van der Waals surface area contributed by atoms with Crippen molar-refractivity contribution in [3.8, 4) is 5.75 Å². The van der Waals surface area contributed by atoms with Gasteiger partial charge in [0.05, 0.1) is 24.9 Å². The van der Waals surface area contributed by atoms with Crippen LogP contribution in [0.5, 0.6) is 5.75 Å². The molecular formula is C20H31ClN2O5. The van der Waals surface area contributed by atoms with Crippen LogP contribution in [0.1, 0.15) is 56.8 Å². The Hall–Kier alpha value is -2.15. The van der Waals surface area contributed by atoms with Gasteiger partial charge in [-0.15, -0.1) is 0 Å². The van der Waals surface area contributed by atoms with E-state index in [-0.39, 0.29) is 11.7 Å². The largest absolute Gasteiger partial charge is 0.496 e. The third-order valence-corrected chi connectivity index (χ3v) is 4.09. The molecule has 0 spiro atoms. The van der Waals surface area contributed by atoms with E-state index in [0.29, 0.717) is 23.0 Å². The zero-order chi connectivity index (χ0) is 21.2. The molecule has 0 saturated heterocycles. The van der Waals surface area contributed by atoms with Gasteiger partial charge < -0.3 is 24.8 Å². The molecule has 2 N–H and O–H groups in total. The van der Waals surface area contributed by atoms with Crippen molar-refractivity contribution in [1.82, 2.24) is 5.32 Å². The minimum atomic E-state index is -0.495. The van der Waals surface area contributed by atoms with Crippen molar-refractivity contribution >= 4 is 29.4 Å². The van der Waals surface area contributed by atoms with E-state index in [1.54, 1.807) is 6.07 Å². The normalized spacial score (nSPS) is 10.9. The van der Waals surface area contributed by atoms with E-state index < -0.39 is 11.6 Å². The van der Waals surface area contributed by atoms with Gasteiger partial charge in [-0.1, -0.05) is 24.4 Å². The third-order valence-electron chi connectivity index (χ3n) is 3.78. The molecule has 1 amide bonds. The fraction of sp³-hybridized carbons (Fsp3) is 0.600. The predicted octanol–water partition coefficient (Wildman–Crippen LogP) is 4.63. The van der Waals surface area contributed by atoms with Crippen LogP contribution in [0, 0.1) is 0 Å². The lowest BCUT2D eigenvalue weighted by molar-refractivity contribution is 0.0525. The van der Waals surface area contributed by atoms with Gasteiger partial charge in [-0.25, -0.2) is 9.59 Å². The molecule has 0 fully saturated rings. The van der Waals surface area contributed by atoms with Crippen LogP contribution in [0.15, 0.2) is 12.1 Å². The molecule has 1 rings (SSSR count). The number of anilines is 1. The summed E-state index contributed by atoms with van der Waals surface area (Å²) in [6.45, 7) is 6.85. The van der Waals surface area contributed by atoms with Crippen molar-refractivity contribution in [3.05, 3.63) is 22.7 Å². The molecule has 8 heteroatoms. The third kappa shape index (κ3) is 8.69. The second-order valence-corrected chi connectivity index (χ2v) is 7.70. The van der Waals surface area contributed by atoms with Gasteiger partial charge in [0.25, 0.3) is 0 Å². The van der Waals surface area contributed by atoms with Gasteiger partial charge in [0.15, 0.2) is 0 Å². The molecule has 158 valence electrons.